The largest absolute Gasteiger partial charge is 0.325 e. The molecule has 0 bridgehead atoms. The van der Waals surface area contributed by atoms with Crippen molar-refractivity contribution in [3.63, 3.8) is 0 Å². The van der Waals surface area contributed by atoms with E-state index in [-0.39, 0.29) is 12.5 Å². The van der Waals surface area contributed by atoms with Crippen molar-refractivity contribution in [2.75, 3.05) is 11.9 Å². The fraction of sp³-hybridized carbons (Fsp3) is 0.556. The van der Waals surface area contributed by atoms with Gasteiger partial charge in [0.15, 0.2) is 0 Å². The number of benzene rings is 1. The van der Waals surface area contributed by atoms with Gasteiger partial charge in [0.1, 0.15) is 0 Å². The van der Waals surface area contributed by atoms with Gasteiger partial charge in [-0.05, 0) is 55.9 Å². The second kappa shape index (κ2) is 8.11. The van der Waals surface area contributed by atoms with Crippen LogP contribution in [0.2, 0.25) is 0 Å². The van der Waals surface area contributed by atoms with E-state index < -0.39 is 6.03 Å². The van der Waals surface area contributed by atoms with Crippen molar-refractivity contribution >= 4 is 17.6 Å². The van der Waals surface area contributed by atoms with E-state index in [1.165, 1.54) is 19.3 Å². The van der Waals surface area contributed by atoms with Crippen LogP contribution in [-0.2, 0) is 4.79 Å². The summed E-state index contributed by atoms with van der Waals surface area (Å²) in [5, 5.41) is 8.32. The molecule has 0 radical (unpaired) electrons. The van der Waals surface area contributed by atoms with Gasteiger partial charge in [-0.25, -0.2) is 4.79 Å². The lowest BCUT2D eigenvalue weighted by Gasteiger charge is -2.29. The molecule has 0 aromatic heterocycles. The summed E-state index contributed by atoms with van der Waals surface area (Å²) in [6.45, 7) is 6.38. The average molecular weight is 317 g/mol. The van der Waals surface area contributed by atoms with Crippen LogP contribution in [0.15, 0.2) is 18.2 Å². The molecule has 0 aliphatic heterocycles. The fourth-order valence-electron chi connectivity index (χ4n) is 3.00. The van der Waals surface area contributed by atoms with E-state index in [0.29, 0.717) is 17.6 Å². The minimum Gasteiger partial charge on any atom is -0.308 e. The standard InChI is InChI=1S/C18H27N3O2/c1-12-8-9-15(10-14(12)3)20-18(23)21-17(22)11-19-16-7-5-4-6-13(16)2/h8-10,13,16,19H,4-7,11H2,1-3H3,(H2,20,21,22,23). The van der Waals surface area contributed by atoms with Gasteiger partial charge in [0, 0.05) is 11.7 Å². The fourth-order valence-corrected chi connectivity index (χ4v) is 3.00. The van der Waals surface area contributed by atoms with Gasteiger partial charge in [0.2, 0.25) is 5.91 Å². The van der Waals surface area contributed by atoms with Gasteiger partial charge in [-0.3, -0.25) is 10.1 Å². The Morgan fingerprint density at radius 1 is 1.13 bits per heavy atom. The number of hydrogen-bond donors (Lipinski definition) is 3. The van der Waals surface area contributed by atoms with Crippen LogP contribution < -0.4 is 16.0 Å². The second-order valence-corrected chi connectivity index (χ2v) is 6.55. The monoisotopic (exact) mass is 317 g/mol. The van der Waals surface area contributed by atoms with E-state index in [1.54, 1.807) is 0 Å². The molecule has 0 saturated heterocycles. The van der Waals surface area contributed by atoms with Crippen LogP contribution in [0.5, 0.6) is 0 Å². The molecule has 2 unspecified atom stereocenters. The number of anilines is 1. The maximum atomic E-state index is 11.9. The molecule has 0 spiro atoms. The first kappa shape index (κ1) is 17.5. The maximum absolute atomic E-state index is 11.9. The topological polar surface area (TPSA) is 70.2 Å². The average Bonchev–Trinajstić information content (AvgIpc) is 2.50. The molecule has 1 saturated carbocycles. The van der Waals surface area contributed by atoms with Crippen LogP contribution in [0.4, 0.5) is 10.5 Å². The van der Waals surface area contributed by atoms with Crippen LogP contribution in [-0.4, -0.2) is 24.5 Å². The van der Waals surface area contributed by atoms with Gasteiger partial charge < -0.3 is 10.6 Å². The molecule has 0 heterocycles. The molecule has 1 aliphatic carbocycles. The van der Waals surface area contributed by atoms with Gasteiger partial charge in [-0.2, -0.15) is 0 Å². The van der Waals surface area contributed by atoms with Crippen molar-refractivity contribution in [1.82, 2.24) is 10.6 Å². The van der Waals surface area contributed by atoms with Gasteiger partial charge in [-0.15, -0.1) is 0 Å². The summed E-state index contributed by atoms with van der Waals surface area (Å²) in [7, 11) is 0. The summed E-state index contributed by atoms with van der Waals surface area (Å²) < 4.78 is 0. The highest BCUT2D eigenvalue weighted by Crippen LogP contribution is 2.23. The Labute approximate surface area is 138 Å². The molecule has 5 heteroatoms. The highest BCUT2D eigenvalue weighted by molar-refractivity contribution is 6.01. The normalized spacial score (nSPS) is 20.8. The Morgan fingerprint density at radius 3 is 2.57 bits per heavy atom. The van der Waals surface area contributed by atoms with Crippen LogP contribution in [0.1, 0.15) is 43.7 Å². The van der Waals surface area contributed by atoms with Crippen molar-refractivity contribution in [3.8, 4) is 0 Å². The maximum Gasteiger partial charge on any atom is 0.325 e. The summed E-state index contributed by atoms with van der Waals surface area (Å²) in [5.74, 6) is 0.282. The summed E-state index contributed by atoms with van der Waals surface area (Å²) in [5.41, 5.74) is 2.95. The van der Waals surface area contributed by atoms with Gasteiger partial charge in [0.25, 0.3) is 0 Å². The zero-order valence-corrected chi connectivity index (χ0v) is 14.2. The molecular formula is C18H27N3O2. The highest BCUT2D eigenvalue weighted by Gasteiger charge is 2.21. The number of urea groups is 1. The number of carbonyl (C=O) groups is 2. The van der Waals surface area contributed by atoms with E-state index in [4.69, 9.17) is 0 Å². The molecule has 126 valence electrons. The Morgan fingerprint density at radius 2 is 1.87 bits per heavy atom. The molecule has 23 heavy (non-hydrogen) atoms. The first-order chi connectivity index (χ1) is 11.0. The number of nitrogens with one attached hydrogen (secondary N) is 3. The summed E-state index contributed by atoms with van der Waals surface area (Å²) in [6, 6.07) is 5.54. The molecule has 3 amide bonds. The van der Waals surface area contributed by atoms with Crippen LogP contribution >= 0.6 is 0 Å². The number of rotatable bonds is 4. The van der Waals surface area contributed by atoms with E-state index in [9.17, 15) is 9.59 Å². The molecule has 1 aromatic carbocycles. The van der Waals surface area contributed by atoms with Crippen LogP contribution in [0, 0.1) is 19.8 Å². The van der Waals surface area contributed by atoms with Crippen molar-refractivity contribution in [1.29, 1.82) is 0 Å². The predicted molar refractivity (Wildman–Crippen MR) is 92.5 cm³/mol. The van der Waals surface area contributed by atoms with Crippen molar-refractivity contribution in [3.05, 3.63) is 29.3 Å². The molecule has 2 atom stereocenters. The SMILES string of the molecule is Cc1ccc(NC(=O)NC(=O)CNC2CCCCC2C)cc1C. The van der Waals surface area contributed by atoms with Gasteiger partial charge >= 0.3 is 6.03 Å². The zero-order chi connectivity index (χ0) is 16.8. The molecule has 1 aliphatic rings. The number of amides is 3. The Kier molecular flexibility index (Phi) is 6.16. The molecule has 1 fully saturated rings. The zero-order valence-electron chi connectivity index (χ0n) is 14.2. The minimum absolute atomic E-state index is 0.176. The van der Waals surface area contributed by atoms with Gasteiger partial charge in [0.05, 0.1) is 6.54 Å². The Balaban J connectivity index is 1.75. The third-order valence-corrected chi connectivity index (χ3v) is 4.65. The number of hydrogen-bond acceptors (Lipinski definition) is 3. The van der Waals surface area contributed by atoms with E-state index >= 15 is 0 Å². The third-order valence-electron chi connectivity index (χ3n) is 4.65. The first-order valence-corrected chi connectivity index (χ1v) is 8.37. The van der Waals surface area contributed by atoms with Crippen molar-refractivity contribution in [2.45, 2.75) is 52.5 Å². The summed E-state index contributed by atoms with van der Waals surface area (Å²) >= 11 is 0. The molecule has 2 rings (SSSR count). The second-order valence-electron chi connectivity index (χ2n) is 6.55. The highest BCUT2D eigenvalue weighted by atomic mass is 16.2. The lowest BCUT2D eigenvalue weighted by molar-refractivity contribution is -0.119. The molecular weight excluding hydrogens is 290 g/mol. The Hall–Kier alpha value is -1.88. The minimum atomic E-state index is -0.489. The summed E-state index contributed by atoms with van der Waals surface area (Å²) in [4.78, 5) is 23.7. The van der Waals surface area contributed by atoms with Crippen LogP contribution in [0.25, 0.3) is 0 Å². The number of imide groups is 1. The third kappa shape index (κ3) is 5.36. The smallest absolute Gasteiger partial charge is 0.308 e. The van der Waals surface area contributed by atoms with E-state index in [2.05, 4.69) is 22.9 Å². The van der Waals surface area contributed by atoms with Crippen LogP contribution in [0.3, 0.4) is 0 Å². The number of carbonyl (C=O) groups excluding carboxylic acids is 2. The molecule has 1 aromatic rings. The van der Waals surface area contributed by atoms with Crippen molar-refractivity contribution < 1.29 is 9.59 Å². The van der Waals surface area contributed by atoms with E-state index in [1.807, 2.05) is 32.0 Å². The number of aryl methyl sites for hydroxylation is 2. The predicted octanol–water partition coefficient (Wildman–Crippen LogP) is 3.12. The first-order valence-electron chi connectivity index (χ1n) is 8.37. The Bertz CT molecular complexity index is 571. The van der Waals surface area contributed by atoms with Gasteiger partial charge in [-0.1, -0.05) is 25.8 Å². The summed E-state index contributed by atoms with van der Waals surface area (Å²) in [6.07, 6.45) is 4.77. The lowest BCUT2D eigenvalue weighted by atomic mass is 9.86. The van der Waals surface area contributed by atoms with Crippen molar-refractivity contribution in [2.24, 2.45) is 5.92 Å². The molecule has 5 nitrogen and oxygen atoms in total. The lowest BCUT2D eigenvalue weighted by Crippen LogP contribution is -2.45. The molecule has 3 N–H and O–H groups in total. The quantitative estimate of drug-likeness (QED) is 0.799. The van der Waals surface area contributed by atoms with E-state index in [0.717, 1.165) is 17.5 Å².